The summed E-state index contributed by atoms with van der Waals surface area (Å²) in [5.41, 5.74) is 0.637. The molecule has 2 aromatic carbocycles. The van der Waals surface area contributed by atoms with Crippen LogP contribution in [0.5, 0.6) is 17.2 Å². The zero-order valence-corrected chi connectivity index (χ0v) is 18.8. The lowest BCUT2D eigenvalue weighted by Crippen LogP contribution is -2.32. The van der Waals surface area contributed by atoms with E-state index in [-0.39, 0.29) is 35.1 Å². The van der Waals surface area contributed by atoms with Gasteiger partial charge in [-0.1, -0.05) is 12.1 Å². The van der Waals surface area contributed by atoms with Gasteiger partial charge in [0.1, 0.15) is 12.4 Å². The summed E-state index contributed by atoms with van der Waals surface area (Å²) in [5.74, 6) is -1.15. The van der Waals surface area contributed by atoms with Crippen molar-refractivity contribution in [3.05, 3.63) is 62.5 Å². The minimum atomic E-state index is -0.747. The van der Waals surface area contributed by atoms with Crippen LogP contribution >= 0.6 is 11.8 Å². The molecule has 33 heavy (non-hydrogen) atoms. The fourth-order valence-electron chi connectivity index (χ4n) is 3.10. The van der Waals surface area contributed by atoms with E-state index in [0.717, 1.165) is 17.4 Å². The van der Waals surface area contributed by atoms with Gasteiger partial charge in [0.2, 0.25) is 11.5 Å². The average Bonchev–Trinajstić information content (AvgIpc) is 3.01. The molecule has 0 unspecified atom stereocenters. The van der Waals surface area contributed by atoms with Gasteiger partial charge < -0.3 is 14.2 Å². The van der Waals surface area contributed by atoms with Crippen LogP contribution in [0.15, 0.2) is 41.3 Å². The van der Waals surface area contributed by atoms with E-state index in [2.05, 4.69) is 0 Å². The Bertz CT molecular complexity index is 1160. The van der Waals surface area contributed by atoms with E-state index in [1.807, 2.05) is 25.1 Å². The van der Waals surface area contributed by atoms with Crippen molar-refractivity contribution < 1.29 is 33.5 Å². The molecule has 172 valence electrons. The number of ether oxygens (including phenoxy) is 3. The van der Waals surface area contributed by atoms with Crippen molar-refractivity contribution in [2.24, 2.45) is 0 Å². The summed E-state index contributed by atoms with van der Waals surface area (Å²) in [4.78, 5) is 48.3. The molecule has 0 saturated carbocycles. The number of nitro benzene ring substituents is 1. The molecule has 0 bridgehead atoms. The molecule has 1 aliphatic heterocycles. The monoisotopic (exact) mass is 472 g/mol. The molecule has 0 spiro atoms. The summed E-state index contributed by atoms with van der Waals surface area (Å²) in [6.45, 7) is 3.19. The van der Waals surface area contributed by atoms with E-state index in [0.29, 0.717) is 17.5 Å². The zero-order valence-electron chi connectivity index (χ0n) is 18.0. The first kappa shape index (κ1) is 23.8. The van der Waals surface area contributed by atoms with Crippen LogP contribution in [0.1, 0.15) is 18.1 Å². The van der Waals surface area contributed by atoms with Gasteiger partial charge in [0.05, 0.1) is 23.5 Å². The van der Waals surface area contributed by atoms with E-state index in [4.69, 9.17) is 14.2 Å². The lowest BCUT2D eigenvalue weighted by molar-refractivity contribution is -0.386. The van der Waals surface area contributed by atoms with Gasteiger partial charge in [-0.05, 0) is 54.6 Å². The summed E-state index contributed by atoms with van der Waals surface area (Å²) < 4.78 is 15.7. The third kappa shape index (κ3) is 5.50. The fraction of sp³-hybridized carbons (Fsp3) is 0.227. The fourth-order valence-corrected chi connectivity index (χ4v) is 3.96. The molecule has 11 heteroatoms. The van der Waals surface area contributed by atoms with Gasteiger partial charge in [-0.25, -0.2) is 0 Å². The average molecular weight is 472 g/mol. The molecular formula is C22H20N2O8S. The molecule has 0 radical (unpaired) electrons. The lowest BCUT2D eigenvalue weighted by atomic mass is 10.1. The molecule has 0 N–H and O–H groups in total. The smallest absolute Gasteiger partial charge is 0.353 e. The highest BCUT2D eigenvalue weighted by Crippen LogP contribution is 2.42. The van der Waals surface area contributed by atoms with E-state index < -0.39 is 27.7 Å². The highest BCUT2D eigenvalue weighted by atomic mass is 32.2. The number of aryl methyl sites for hydroxylation is 1. The summed E-state index contributed by atoms with van der Waals surface area (Å²) in [7, 11) is 1.21. The van der Waals surface area contributed by atoms with Gasteiger partial charge in [0.15, 0.2) is 0 Å². The van der Waals surface area contributed by atoms with E-state index in [9.17, 15) is 24.5 Å². The maximum absolute atomic E-state index is 12.8. The normalized spacial score (nSPS) is 14.5. The number of methoxy groups -OCH3 is 1. The first-order valence-corrected chi connectivity index (χ1v) is 10.5. The number of rotatable bonds is 8. The van der Waals surface area contributed by atoms with Crippen molar-refractivity contribution in [3.8, 4) is 17.2 Å². The molecule has 0 atom stereocenters. The molecule has 1 saturated heterocycles. The number of nitro groups is 1. The number of imide groups is 1. The maximum atomic E-state index is 12.8. The molecule has 0 aliphatic carbocycles. The maximum Gasteiger partial charge on any atom is 0.353 e. The number of benzene rings is 2. The van der Waals surface area contributed by atoms with Crippen molar-refractivity contribution >= 4 is 40.6 Å². The summed E-state index contributed by atoms with van der Waals surface area (Å²) in [6, 6.07) is 10.0. The number of hydrogen-bond donors (Lipinski definition) is 0. The van der Waals surface area contributed by atoms with Crippen LogP contribution in [0.2, 0.25) is 0 Å². The quantitative estimate of drug-likeness (QED) is 0.184. The number of thioether (sulfide) groups is 1. The highest BCUT2D eigenvalue weighted by molar-refractivity contribution is 8.18. The van der Waals surface area contributed by atoms with E-state index in [1.54, 1.807) is 6.07 Å². The second-order valence-electron chi connectivity index (χ2n) is 6.88. The predicted molar refractivity (Wildman–Crippen MR) is 120 cm³/mol. The molecule has 1 aliphatic rings. The predicted octanol–water partition coefficient (Wildman–Crippen LogP) is 3.95. The van der Waals surface area contributed by atoms with Crippen LogP contribution in [-0.2, 0) is 9.59 Å². The summed E-state index contributed by atoms with van der Waals surface area (Å²) in [6.07, 6.45) is 1.33. The molecule has 10 nitrogen and oxygen atoms in total. The number of carbonyl (C=O) groups excluding carboxylic acids is 3. The minimum Gasteiger partial charge on any atom is -0.492 e. The van der Waals surface area contributed by atoms with E-state index >= 15 is 0 Å². The second-order valence-corrected chi connectivity index (χ2v) is 7.88. The SMILES string of the molecule is COc1c(/C=C2\SC(=O)N(CCOc3cccc(C)c3)C2=O)ccc(OC(C)=O)c1[N+](=O)[O-]. The minimum absolute atomic E-state index is 0.0403. The molecule has 3 rings (SSSR count). The van der Waals surface area contributed by atoms with Crippen LogP contribution in [0, 0.1) is 17.0 Å². The third-order valence-corrected chi connectivity index (χ3v) is 5.41. The van der Waals surface area contributed by atoms with Gasteiger partial charge in [-0.15, -0.1) is 0 Å². The molecule has 2 aromatic rings. The Morgan fingerprint density at radius 1 is 1.24 bits per heavy atom. The van der Waals surface area contributed by atoms with Crippen LogP contribution in [0.3, 0.4) is 0 Å². The Morgan fingerprint density at radius 3 is 2.64 bits per heavy atom. The second kappa shape index (κ2) is 10.2. The first-order chi connectivity index (χ1) is 15.7. The number of esters is 1. The number of amides is 2. The van der Waals surface area contributed by atoms with Gasteiger partial charge in [-0.3, -0.25) is 29.4 Å². The number of carbonyl (C=O) groups is 3. The molecule has 1 heterocycles. The van der Waals surface area contributed by atoms with Crippen LogP contribution in [0.4, 0.5) is 10.5 Å². The van der Waals surface area contributed by atoms with Crippen LogP contribution in [-0.4, -0.2) is 47.2 Å². The van der Waals surface area contributed by atoms with E-state index in [1.165, 1.54) is 25.3 Å². The van der Waals surface area contributed by atoms with Crippen molar-refractivity contribution in [2.75, 3.05) is 20.3 Å². The molecule has 1 fully saturated rings. The largest absolute Gasteiger partial charge is 0.492 e. The Labute approximate surface area is 193 Å². The van der Waals surface area contributed by atoms with Gasteiger partial charge in [-0.2, -0.15) is 0 Å². The Balaban J connectivity index is 1.81. The van der Waals surface area contributed by atoms with Crippen molar-refractivity contribution in [2.45, 2.75) is 13.8 Å². The lowest BCUT2D eigenvalue weighted by Gasteiger charge is -2.13. The number of nitrogens with zero attached hydrogens (tertiary/aromatic N) is 2. The Hall–Kier alpha value is -3.86. The van der Waals surface area contributed by atoms with Gasteiger partial charge in [0, 0.05) is 12.5 Å². The Morgan fingerprint density at radius 2 is 2.00 bits per heavy atom. The standard InChI is InChI=1S/C22H20N2O8S/c1-13-5-4-6-16(11-13)31-10-9-23-21(26)18(33-22(23)27)12-15-7-8-17(32-14(2)25)19(24(28)29)20(15)30-3/h4-8,11-12H,9-10H2,1-3H3/b18-12-. The summed E-state index contributed by atoms with van der Waals surface area (Å²) >= 11 is 0.706. The van der Waals surface area contributed by atoms with Crippen LogP contribution in [0.25, 0.3) is 6.08 Å². The highest BCUT2D eigenvalue weighted by Gasteiger charge is 2.36. The van der Waals surface area contributed by atoms with Crippen LogP contribution < -0.4 is 14.2 Å². The van der Waals surface area contributed by atoms with Gasteiger partial charge in [0.25, 0.3) is 11.1 Å². The van der Waals surface area contributed by atoms with Crippen molar-refractivity contribution in [1.82, 2.24) is 4.90 Å². The van der Waals surface area contributed by atoms with Gasteiger partial charge >= 0.3 is 11.7 Å². The van der Waals surface area contributed by atoms with Crippen molar-refractivity contribution in [3.63, 3.8) is 0 Å². The zero-order chi connectivity index (χ0) is 24.1. The number of hydrogen-bond acceptors (Lipinski definition) is 9. The van der Waals surface area contributed by atoms with Crippen molar-refractivity contribution in [1.29, 1.82) is 0 Å². The molecule has 0 aromatic heterocycles. The molecule has 2 amide bonds. The third-order valence-electron chi connectivity index (χ3n) is 4.50. The topological polar surface area (TPSA) is 125 Å². The Kier molecular flexibility index (Phi) is 7.34. The molecular weight excluding hydrogens is 452 g/mol. The first-order valence-electron chi connectivity index (χ1n) is 9.70. The summed E-state index contributed by atoms with van der Waals surface area (Å²) in [5, 5.41) is 11.1.